The third-order valence-electron chi connectivity index (χ3n) is 4.95. The maximum atomic E-state index is 13.7. The van der Waals surface area contributed by atoms with Gasteiger partial charge < -0.3 is 19.5 Å². The van der Waals surface area contributed by atoms with Crippen LogP contribution in [0.1, 0.15) is 47.5 Å². The average molecular weight is 503 g/mol. The van der Waals surface area contributed by atoms with Crippen LogP contribution in [0.3, 0.4) is 0 Å². The molecule has 3 rings (SSSR count). The van der Waals surface area contributed by atoms with Crippen molar-refractivity contribution in [3.8, 4) is 5.75 Å². The zero-order chi connectivity index (χ0) is 25.0. The van der Waals surface area contributed by atoms with Gasteiger partial charge in [-0.1, -0.05) is 0 Å². The van der Waals surface area contributed by atoms with Crippen molar-refractivity contribution in [2.24, 2.45) is 0 Å². The highest BCUT2D eigenvalue weighted by Crippen LogP contribution is 2.38. The summed E-state index contributed by atoms with van der Waals surface area (Å²) in [6, 6.07) is -0.00216. The van der Waals surface area contributed by atoms with Gasteiger partial charge >= 0.3 is 11.9 Å². The monoisotopic (exact) mass is 503 g/mol. The minimum absolute atomic E-state index is 0.00216. The molecule has 12 heteroatoms. The van der Waals surface area contributed by atoms with Crippen LogP contribution < -0.4 is 10.1 Å². The first-order valence-corrected chi connectivity index (χ1v) is 11.2. The van der Waals surface area contributed by atoms with Gasteiger partial charge in [0.15, 0.2) is 30.1 Å². The number of rotatable bonds is 8. The van der Waals surface area contributed by atoms with E-state index < -0.39 is 59.6 Å². The van der Waals surface area contributed by atoms with Crippen molar-refractivity contribution in [3.05, 3.63) is 45.3 Å². The summed E-state index contributed by atoms with van der Waals surface area (Å²) < 4.78 is 68.6. The number of thiophene rings is 1. The van der Waals surface area contributed by atoms with Gasteiger partial charge in [-0.2, -0.15) is 8.78 Å². The van der Waals surface area contributed by atoms with Gasteiger partial charge in [-0.3, -0.25) is 4.79 Å². The summed E-state index contributed by atoms with van der Waals surface area (Å²) in [5, 5.41) is 2.80. The SMILES string of the molecule is CCOC(=O)c1c(NC(=O)COC(=O)C(C)Oc2c(F)c(F)cc(F)c2F)sc2c1CCCC2. The minimum atomic E-state index is -1.82. The minimum Gasteiger partial charge on any atom is -0.473 e. The van der Waals surface area contributed by atoms with Crippen molar-refractivity contribution in [2.75, 3.05) is 18.5 Å². The van der Waals surface area contributed by atoms with Crippen molar-refractivity contribution >= 4 is 34.2 Å². The second kappa shape index (κ2) is 10.9. The fourth-order valence-electron chi connectivity index (χ4n) is 3.37. The highest BCUT2D eigenvalue weighted by molar-refractivity contribution is 7.17. The average Bonchev–Trinajstić information content (AvgIpc) is 3.16. The van der Waals surface area contributed by atoms with Crippen molar-refractivity contribution in [1.82, 2.24) is 0 Å². The molecule has 1 N–H and O–H groups in total. The second-order valence-electron chi connectivity index (χ2n) is 7.35. The summed E-state index contributed by atoms with van der Waals surface area (Å²) in [7, 11) is 0. The standard InChI is InChI=1S/C22H21F4NO6S/c1-3-31-22(30)16-11-6-4-5-7-14(11)34-20(16)27-15(28)9-32-21(29)10(2)33-19-17(25)12(23)8-13(24)18(19)26/h8,10H,3-7,9H2,1-2H3,(H,27,28). The van der Waals surface area contributed by atoms with Crippen LogP contribution in [0.15, 0.2) is 6.07 Å². The van der Waals surface area contributed by atoms with Gasteiger partial charge in [-0.25, -0.2) is 18.4 Å². The molecule has 1 amide bonds. The number of esters is 2. The molecule has 2 aromatic rings. The summed E-state index contributed by atoms with van der Waals surface area (Å²) in [5.74, 6) is -11.0. The maximum Gasteiger partial charge on any atom is 0.347 e. The van der Waals surface area contributed by atoms with Crippen LogP contribution in [0.4, 0.5) is 22.6 Å². The number of hydrogen-bond acceptors (Lipinski definition) is 7. The van der Waals surface area contributed by atoms with Crippen molar-refractivity contribution < 1.29 is 46.2 Å². The highest BCUT2D eigenvalue weighted by Gasteiger charge is 2.29. The van der Waals surface area contributed by atoms with Crippen molar-refractivity contribution in [1.29, 1.82) is 0 Å². The fourth-order valence-corrected chi connectivity index (χ4v) is 4.66. The number of carbonyl (C=O) groups is 3. The predicted molar refractivity (Wildman–Crippen MR) is 113 cm³/mol. The third-order valence-corrected chi connectivity index (χ3v) is 6.15. The first kappa shape index (κ1) is 25.5. The largest absolute Gasteiger partial charge is 0.473 e. The number of anilines is 1. The Balaban J connectivity index is 1.64. The molecule has 0 radical (unpaired) electrons. The van der Waals surface area contributed by atoms with Crippen LogP contribution in [0.25, 0.3) is 0 Å². The number of ether oxygens (including phenoxy) is 3. The Hall–Kier alpha value is -3.15. The van der Waals surface area contributed by atoms with Crippen molar-refractivity contribution in [2.45, 2.75) is 45.6 Å². The number of benzene rings is 1. The molecule has 184 valence electrons. The van der Waals surface area contributed by atoms with E-state index in [-0.39, 0.29) is 23.2 Å². The van der Waals surface area contributed by atoms with Gasteiger partial charge in [0.25, 0.3) is 5.91 Å². The first-order chi connectivity index (χ1) is 16.1. The fraction of sp³-hybridized carbons (Fsp3) is 0.409. The number of fused-ring (bicyclic) bond motifs is 1. The molecule has 1 aliphatic rings. The second-order valence-corrected chi connectivity index (χ2v) is 8.45. The Morgan fingerprint density at radius 2 is 1.71 bits per heavy atom. The highest BCUT2D eigenvalue weighted by atomic mass is 32.1. The number of aryl methyl sites for hydroxylation is 1. The lowest BCUT2D eigenvalue weighted by Gasteiger charge is -2.15. The summed E-state index contributed by atoms with van der Waals surface area (Å²) >= 11 is 1.24. The van der Waals surface area contributed by atoms with Gasteiger partial charge in [0.2, 0.25) is 11.6 Å². The Morgan fingerprint density at radius 3 is 2.35 bits per heavy atom. The Labute approximate surface area is 196 Å². The van der Waals surface area contributed by atoms with E-state index in [4.69, 9.17) is 9.47 Å². The Bertz CT molecular complexity index is 1090. The molecule has 1 aromatic heterocycles. The molecule has 0 fully saturated rings. The van der Waals surface area contributed by atoms with Crippen LogP contribution in [-0.2, 0) is 31.9 Å². The third kappa shape index (κ3) is 5.49. The molecular weight excluding hydrogens is 482 g/mol. The van der Waals surface area contributed by atoms with E-state index in [9.17, 15) is 31.9 Å². The van der Waals surface area contributed by atoms with E-state index >= 15 is 0 Å². The summed E-state index contributed by atoms with van der Waals surface area (Å²) in [5.41, 5.74) is 1.10. The molecule has 0 saturated heterocycles. The molecule has 1 atom stereocenters. The van der Waals surface area contributed by atoms with Crippen LogP contribution in [0.5, 0.6) is 5.75 Å². The van der Waals surface area contributed by atoms with Gasteiger partial charge in [0.05, 0.1) is 12.2 Å². The summed E-state index contributed by atoms with van der Waals surface area (Å²) in [6.45, 7) is 2.03. The van der Waals surface area contributed by atoms with Gasteiger partial charge in [-0.15, -0.1) is 11.3 Å². The lowest BCUT2D eigenvalue weighted by Crippen LogP contribution is -2.30. The molecule has 0 spiro atoms. The van der Waals surface area contributed by atoms with E-state index in [0.29, 0.717) is 6.42 Å². The molecule has 0 bridgehead atoms. The Kier molecular flexibility index (Phi) is 8.13. The smallest absolute Gasteiger partial charge is 0.347 e. The van der Waals surface area contributed by atoms with Gasteiger partial charge in [-0.05, 0) is 45.1 Å². The summed E-state index contributed by atoms with van der Waals surface area (Å²) in [6.07, 6.45) is 1.60. The van der Waals surface area contributed by atoms with E-state index in [1.165, 1.54) is 11.3 Å². The number of halogens is 4. The van der Waals surface area contributed by atoms with Crippen LogP contribution in [0, 0.1) is 23.3 Å². The molecule has 7 nitrogen and oxygen atoms in total. The van der Waals surface area contributed by atoms with E-state index in [1.807, 2.05) is 0 Å². The zero-order valence-electron chi connectivity index (χ0n) is 18.3. The molecule has 1 unspecified atom stereocenters. The van der Waals surface area contributed by atoms with Crippen molar-refractivity contribution in [3.63, 3.8) is 0 Å². The molecule has 0 aliphatic heterocycles. The first-order valence-electron chi connectivity index (χ1n) is 10.4. The maximum absolute atomic E-state index is 13.7. The number of amides is 1. The number of nitrogens with one attached hydrogen (secondary N) is 1. The lowest BCUT2D eigenvalue weighted by atomic mass is 9.95. The molecule has 1 heterocycles. The van der Waals surface area contributed by atoms with Gasteiger partial charge in [0, 0.05) is 10.9 Å². The molecule has 34 heavy (non-hydrogen) atoms. The van der Waals surface area contributed by atoms with Crippen LogP contribution in [-0.4, -0.2) is 37.2 Å². The molecular formula is C22H21F4NO6S. The number of hydrogen-bond donors (Lipinski definition) is 1. The van der Waals surface area contributed by atoms with E-state index in [1.54, 1.807) is 6.92 Å². The quantitative estimate of drug-likeness (QED) is 0.328. The van der Waals surface area contributed by atoms with Crippen LogP contribution in [0.2, 0.25) is 0 Å². The predicted octanol–water partition coefficient (Wildman–Crippen LogP) is 4.31. The molecule has 1 aliphatic carbocycles. The topological polar surface area (TPSA) is 90.9 Å². The van der Waals surface area contributed by atoms with Crippen LogP contribution >= 0.6 is 11.3 Å². The van der Waals surface area contributed by atoms with Gasteiger partial charge in [0.1, 0.15) is 5.00 Å². The normalized spacial score (nSPS) is 13.6. The summed E-state index contributed by atoms with van der Waals surface area (Å²) in [4.78, 5) is 37.8. The molecule has 1 aromatic carbocycles. The Morgan fingerprint density at radius 1 is 1.06 bits per heavy atom. The number of carbonyl (C=O) groups excluding carboxylic acids is 3. The van der Waals surface area contributed by atoms with E-state index in [2.05, 4.69) is 10.1 Å². The van der Waals surface area contributed by atoms with E-state index in [0.717, 1.165) is 36.6 Å². The lowest BCUT2D eigenvalue weighted by molar-refractivity contribution is -0.153. The molecule has 0 saturated carbocycles. The zero-order valence-corrected chi connectivity index (χ0v) is 19.1.